The fraction of sp³-hybridized carbons (Fsp3) is 0.300. The predicted molar refractivity (Wildman–Crippen MR) is 103 cm³/mol. The van der Waals surface area contributed by atoms with Gasteiger partial charge >= 0.3 is 6.03 Å². The van der Waals surface area contributed by atoms with Crippen molar-refractivity contribution < 1.29 is 4.79 Å². The number of carbonyl (C=O) groups excluding carboxylic acids is 1. The minimum atomic E-state index is -0.0845. The highest BCUT2D eigenvalue weighted by molar-refractivity contribution is 5.91. The van der Waals surface area contributed by atoms with Crippen LogP contribution in [-0.2, 0) is 6.42 Å². The predicted octanol–water partition coefficient (Wildman–Crippen LogP) is 3.59. The van der Waals surface area contributed by atoms with E-state index in [-0.39, 0.29) is 12.1 Å². The lowest BCUT2D eigenvalue weighted by molar-refractivity contribution is 0.206. The van der Waals surface area contributed by atoms with E-state index < -0.39 is 0 Å². The Bertz CT molecular complexity index is 909. The zero-order valence-electron chi connectivity index (χ0n) is 15.2. The molecule has 0 spiro atoms. The Morgan fingerprint density at radius 2 is 2.07 bits per heavy atom. The summed E-state index contributed by atoms with van der Waals surface area (Å²) in [5, 5.41) is 10.8. The number of carbonyl (C=O) groups is 1. The van der Waals surface area contributed by atoms with E-state index in [0.29, 0.717) is 0 Å². The monoisotopic (exact) mass is 362 g/mol. The van der Waals surface area contributed by atoms with Crippen LogP contribution in [0.5, 0.6) is 0 Å². The molecule has 0 saturated carbocycles. The summed E-state index contributed by atoms with van der Waals surface area (Å²) in [7, 11) is 0. The molecule has 4 rings (SSSR count). The molecule has 0 bridgehead atoms. The first-order valence-corrected chi connectivity index (χ1v) is 9.22. The number of benzene rings is 1. The van der Waals surface area contributed by atoms with Gasteiger partial charge in [-0.1, -0.05) is 19.1 Å². The minimum Gasteiger partial charge on any atom is -0.316 e. The van der Waals surface area contributed by atoms with E-state index in [1.165, 1.54) is 0 Å². The first-order chi connectivity index (χ1) is 13.3. The molecule has 2 amide bonds. The van der Waals surface area contributed by atoms with Gasteiger partial charge in [-0.2, -0.15) is 0 Å². The second-order valence-corrected chi connectivity index (χ2v) is 6.60. The summed E-state index contributed by atoms with van der Waals surface area (Å²) in [6.07, 6.45) is 7.82. The van der Waals surface area contributed by atoms with Crippen LogP contribution < -0.4 is 5.32 Å². The molecule has 7 nitrogen and oxygen atoms in total. The number of nitrogens with one attached hydrogen (secondary N) is 1. The van der Waals surface area contributed by atoms with E-state index in [0.717, 1.165) is 48.4 Å². The van der Waals surface area contributed by atoms with Crippen molar-refractivity contribution in [2.24, 2.45) is 0 Å². The van der Waals surface area contributed by atoms with Gasteiger partial charge in [0.25, 0.3) is 0 Å². The molecule has 138 valence electrons. The molecule has 27 heavy (non-hydrogen) atoms. The van der Waals surface area contributed by atoms with Crippen molar-refractivity contribution in [1.82, 2.24) is 24.6 Å². The van der Waals surface area contributed by atoms with Gasteiger partial charge in [-0.25, -0.2) is 4.79 Å². The second-order valence-electron chi connectivity index (χ2n) is 6.60. The van der Waals surface area contributed by atoms with Gasteiger partial charge in [-0.15, -0.1) is 10.2 Å². The van der Waals surface area contributed by atoms with Crippen molar-refractivity contribution in [3.63, 3.8) is 0 Å². The van der Waals surface area contributed by atoms with Crippen molar-refractivity contribution in [3.05, 3.63) is 66.5 Å². The lowest BCUT2D eigenvalue weighted by atomic mass is 10.1. The lowest BCUT2D eigenvalue weighted by Crippen LogP contribution is -2.35. The van der Waals surface area contributed by atoms with E-state index in [1.54, 1.807) is 18.9 Å². The Morgan fingerprint density at radius 3 is 2.81 bits per heavy atom. The maximum absolute atomic E-state index is 13.0. The number of amides is 2. The molecule has 1 saturated heterocycles. The molecule has 2 aromatic heterocycles. The van der Waals surface area contributed by atoms with E-state index in [2.05, 4.69) is 27.4 Å². The standard InChI is InChI=1S/C20H22N6O/c1-2-15-8-9-16(25-13-22-23-14-25)12-18(15)24-20(27)26-11-5-7-19(26)17-6-3-4-10-21-17/h3-4,6,8-10,12-14,19H,2,5,7,11H2,1H3,(H,24,27)/t19-/m0/s1. The molecule has 1 aliphatic rings. The lowest BCUT2D eigenvalue weighted by Gasteiger charge is -2.25. The summed E-state index contributed by atoms with van der Waals surface area (Å²) in [5.41, 5.74) is 3.77. The minimum absolute atomic E-state index is 0.0253. The molecule has 1 aromatic carbocycles. The molecule has 1 N–H and O–H groups in total. The molecule has 3 aromatic rings. The molecule has 7 heteroatoms. The second kappa shape index (κ2) is 7.57. The van der Waals surface area contributed by atoms with Crippen LogP contribution >= 0.6 is 0 Å². The maximum Gasteiger partial charge on any atom is 0.322 e. The Balaban J connectivity index is 1.58. The summed E-state index contributed by atoms with van der Waals surface area (Å²) < 4.78 is 1.82. The van der Waals surface area contributed by atoms with Crippen LogP contribution in [0.25, 0.3) is 5.69 Å². The number of urea groups is 1. The zero-order valence-corrected chi connectivity index (χ0v) is 15.2. The van der Waals surface area contributed by atoms with Gasteiger partial charge in [0, 0.05) is 18.4 Å². The average molecular weight is 362 g/mol. The fourth-order valence-corrected chi connectivity index (χ4v) is 3.56. The Labute approximate surface area is 158 Å². The van der Waals surface area contributed by atoms with Gasteiger partial charge in [0.15, 0.2) is 0 Å². The molecule has 1 aliphatic heterocycles. The number of likely N-dealkylation sites (tertiary alicyclic amines) is 1. The quantitative estimate of drug-likeness (QED) is 0.769. The zero-order chi connectivity index (χ0) is 18.6. The van der Waals surface area contributed by atoms with Crippen molar-refractivity contribution in [2.45, 2.75) is 32.2 Å². The van der Waals surface area contributed by atoms with Crippen molar-refractivity contribution in [3.8, 4) is 5.69 Å². The van der Waals surface area contributed by atoms with Gasteiger partial charge in [-0.3, -0.25) is 9.55 Å². The van der Waals surface area contributed by atoms with Gasteiger partial charge < -0.3 is 10.2 Å². The van der Waals surface area contributed by atoms with Gasteiger partial charge in [0.05, 0.1) is 17.4 Å². The van der Waals surface area contributed by atoms with E-state index >= 15 is 0 Å². The summed E-state index contributed by atoms with van der Waals surface area (Å²) in [6.45, 7) is 2.82. The third-order valence-electron chi connectivity index (χ3n) is 4.98. The molecule has 1 atom stereocenters. The molecule has 0 aliphatic carbocycles. The van der Waals surface area contributed by atoms with Crippen molar-refractivity contribution in [1.29, 1.82) is 0 Å². The third-order valence-corrected chi connectivity index (χ3v) is 4.98. The van der Waals surface area contributed by atoms with E-state index in [1.807, 2.05) is 45.9 Å². The average Bonchev–Trinajstić information content (AvgIpc) is 3.40. The number of aromatic nitrogens is 4. The Morgan fingerprint density at radius 1 is 1.22 bits per heavy atom. The molecule has 1 fully saturated rings. The van der Waals surface area contributed by atoms with Gasteiger partial charge in [0.2, 0.25) is 0 Å². The number of rotatable bonds is 4. The maximum atomic E-state index is 13.0. The number of hydrogen-bond acceptors (Lipinski definition) is 4. The van der Waals surface area contributed by atoms with Crippen LogP contribution in [0.2, 0.25) is 0 Å². The van der Waals surface area contributed by atoms with Crippen LogP contribution in [0.3, 0.4) is 0 Å². The molecule has 0 unspecified atom stereocenters. The molecule has 3 heterocycles. The highest BCUT2D eigenvalue weighted by Gasteiger charge is 2.31. The largest absolute Gasteiger partial charge is 0.322 e. The van der Waals surface area contributed by atoms with Crippen LogP contribution in [0, 0.1) is 0 Å². The van der Waals surface area contributed by atoms with Crippen LogP contribution in [0.4, 0.5) is 10.5 Å². The summed E-state index contributed by atoms with van der Waals surface area (Å²) in [4.78, 5) is 19.3. The SMILES string of the molecule is CCc1ccc(-n2cnnc2)cc1NC(=O)N1CCC[C@H]1c1ccccn1. The summed E-state index contributed by atoms with van der Waals surface area (Å²) >= 11 is 0. The fourth-order valence-electron chi connectivity index (χ4n) is 3.56. The molecular formula is C20H22N6O. The molecule has 0 radical (unpaired) electrons. The highest BCUT2D eigenvalue weighted by atomic mass is 16.2. The first-order valence-electron chi connectivity index (χ1n) is 9.22. The van der Waals surface area contributed by atoms with Gasteiger partial charge in [-0.05, 0) is 49.1 Å². The first kappa shape index (κ1) is 17.2. The van der Waals surface area contributed by atoms with Crippen LogP contribution in [0.15, 0.2) is 55.2 Å². The van der Waals surface area contributed by atoms with E-state index in [9.17, 15) is 4.79 Å². The van der Waals surface area contributed by atoms with Crippen molar-refractivity contribution in [2.75, 3.05) is 11.9 Å². The van der Waals surface area contributed by atoms with Crippen LogP contribution in [-0.4, -0.2) is 37.2 Å². The third kappa shape index (κ3) is 3.53. The number of hydrogen-bond donors (Lipinski definition) is 1. The molecular weight excluding hydrogens is 340 g/mol. The number of nitrogens with zero attached hydrogens (tertiary/aromatic N) is 5. The Hall–Kier alpha value is -3.22. The van der Waals surface area contributed by atoms with Crippen LogP contribution in [0.1, 0.15) is 37.1 Å². The summed E-state index contributed by atoms with van der Waals surface area (Å²) in [5.74, 6) is 0. The number of aryl methyl sites for hydroxylation is 1. The Kier molecular flexibility index (Phi) is 4.82. The number of anilines is 1. The topological polar surface area (TPSA) is 75.9 Å². The van der Waals surface area contributed by atoms with E-state index in [4.69, 9.17) is 0 Å². The smallest absolute Gasteiger partial charge is 0.316 e. The summed E-state index contributed by atoms with van der Waals surface area (Å²) in [6, 6.07) is 11.8. The van der Waals surface area contributed by atoms with Gasteiger partial charge in [0.1, 0.15) is 12.7 Å². The number of pyridine rings is 1. The normalized spacial score (nSPS) is 16.5. The van der Waals surface area contributed by atoms with Crippen molar-refractivity contribution >= 4 is 11.7 Å². The highest BCUT2D eigenvalue weighted by Crippen LogP contribution is 2.31.